The van der Waals surface area contributed by atoms with Crippen LogP contribution in [0.25, 0.3) is 0 Å². The Balaban J connectivity index is 1.49. The quantitative estimate of drug-likeness (QED) is 0.884. The zero-order valence-corrected chi connectivity index (χ0v) is 12.0. The lowest BCUT2D eigenvalue weighted by Crippen LogP contribution is -2.34. The summed E-state index contributed by atoms with van der Waals surface area (Å²) in [7, 11) is 0. The number of ether oxygens (including phenoxy) is 1. The molecule has 0 radical (unpaired) electrons. The summed E-state index contributed by atoms with van der Waals surface area (Å²) in [6.45, 7) is 0.693. The lowest BCUT2D eigenvalue weighted by atomic mass is 9.93. The molecular formula is C17H21NO3. The summed E-state index contributed by atoms with van der Waals surface area (Å²) in [6.07, 6.45) is 3.71. The van der Waals surface area contributed by atoms with E-state index in [1.54, 1.807) is 0 Å². The molecule has 2 N–H and O–H groups in total. The summed E-state index contributed by atoms with van der Waals surface area (Å²) in [6, 6.07) is 13.8. The van der Waals surface area contributed by atoms with Gasteiger partial charge in [0.1, 0.15) is 11.5 Å². The normalized spacial score (nSPS) is 22.1. The minimum atomic E-state index is -0.113. The van der Waals surface area contributed by atoms with Crippen LogP contribution in [0.3, 0.4) is 0 Å². The van der Waals surface area contributed by atoms with Crippen molar-refractivity contribution >= 4 is 0 Å². The number of rotatable bonds is 5. The van der Waals surface area contributed by atoms with Crippen molar-refractivity contribution in [1.82, 2.24) is 5.32 Å². The molecule has 1 saturated carbocycles. The van der Waals surface area contributed by atoms with Gasteiger partial charge in [-0.1, -0.05) is 18.2 Å². The molecule has 2 aromatic rings. The predicted octanol–water partition coefficient (Wildman–Crippen LogP) is 3.47. The van der Waals surface area contributed by atoms with Crippen LogP contribution in [-0.2, 0) is 6.54 Å². The summed E-state index contributed by atoms with van der Waals surface area (Å²) < 4.78 is 11.3. The monoisotopic (exact) mass is 287 g/mol. The molecule has 1 heterocycles. The van der Waals surface area contributed by atoms with Gasteiger partial charge in [0.25, 0.3) is 5.95 Å². The Morgan fingerprint density at radius 2 is 1.81 bits per heavy atom. The third-order valence-electron chi connectivity index (χ3n) is 3.86. The Morgan fingerprint density at radius 3 is 2.57 bits per heavy atom. The van der Waals surface area contributed by atoms with Gasteiger partial charge in [-0.05, 0) is 43.9 Å². The third kappa shape index (κ3) is 4.09. The summed E-state index contributed by atoms with van der Waals surface area (Å²) in [5, 5.41) is 13.0. The summed E-state index contributed by atoms with van der Waals surface area (Å²) in [5.74, 6) is 2.15. The first kappa shape index (κ1) is 14.2. The van der Waals surface area contributed by atoms with Gasteiger partial charge >= 0.3 is 0 Å². The second kappa shape index (κ2) is 6.78. The van der Waals surface area contributed by atoms with Gasteiger partial charge in [0.05, 0.1) is 12.6 Å². The number of para-hydroxylation sites is 1. The summed E-state index contributed by atoms with van der Waals surface area (Å²) in [4.78, 5) is 0. The molecule has 112 valence electrons. The Bertz CT molecular complexity index is 544. The largest absolute Gasteiger partial charge is 0.429 e. The van der Waals surface area contributed by atoms with E-state index in [4.69, 9.17) is 9.15 Å². The molecule has 1 fully saturated rings. The number of aliphatic hydroxyl groups is 1. The van der Waals surface area contributed by atoms with Crippen LogP contribution < -0.4 is 10.1 Å². The summed E-state index contributed by atoms with van der Waals surface area (Å²) in [5.41, 5.74) is 0. The molecule has 3 rings (SSSR count). The Morgan fingerprint density at radius 1 is 1.05 bits per heavy atom. The fourth-order valence-electron chi connectivity index (χ4n) is 2.64. The van der Waals surface area contributed by atoms with E-state index in [-0.39, 0.29) is 6.10 Å². The zero-order chi connectivity index (χ0) is 14.5. The van der Waals surface area contributed by atoms with E-state index in [0.717, 1.165) is 37.2 Å². The standard InChI is InChI=1S/C17H21NO3/c19-14-8-6-13(7-9-14)18-12-16-10-11-17(21-16)20-15-4-2-1-3-5-15/h1-5,10-11,13-14,18-19H,6-9,12H2. The maximum absolute atomic E-state index is 9.49. The highest BCUT2D eigenvalue weighted by molar-refractivity contribution is 5.26. The van der Waals surface area contributed by atoms with E-state index in [9.17, 15) is 5.11 Å². The SMILES string of the molecule is OC1CCC(NCc2ccc(Oc3ccccc3)o2)CC1. The topological polar surface area (TPSA) is 54.6 Å². The zero-order valence-electron chi connectivity index (χ0n) is 12.0. The maximum atomic E-state index is 9.49. The van der Waals surface area contributed by atoms with E-state index in [1.165, 1.54) is 0 Å². The van der Waals surface area contributed by atoms with Crippen LogP contribution in [-0.4, -0.2) is 17.3 Å². The van der Waals surface area contributed by atoms with Crippen LogP contribution in [0.1, 0.15) is 31.4 Å². The maximum Gasteiger partial charge on any atom is 0.290 e. The van der Waals surface area contributed by atoms with Crippen LogP contribution >= 0.6 is 0 Å². The molecule has 1 aromatic heterocycles. The van der Waals surface area contributed by atoms with Gasteiger partial charge in [0, 0.05) is 12.1 Å². The van der Waals surface area contributed by atoms with Gasteiger partial charge in [-0.3, -0.25) is 0 Å². The highest BCUT2D eigenvalue weighted by Crippen LogP contribution is 2.24. The first-order valence-corrected chi connectivity index (χ1v) is 7.52. The Hall–Kier alpha value is -1.78. The van der Waals surface area contributed by atoms with Gasteiger partial charge in [0.2, 0.25) is 0 Å². The predicted molar refractivity (Wildman–Crippen MR) is 80.3 cm³/mol. The van der Waals surface area contributed by atoms with Gasteiger partial charge in [-0.25, -0.2) is 0 Å². The minimum Gasteiger partial charge on any atom is -0.429 e. The highest BCUT2D eigenvalue weighted by atomic mass is 16.6. The van der Waals surface area contributed by atoms with E-state index >= 15 is 0 Å². The molecule has 4 nitrogen and oxygen atoms in total. The van der Waals surface area contributed by atoms with Crippen LogP contribution in [0.4, 0.5) is 0 Å². The van der Waals surface area contributed by atoms with Crippen molar-refractivity contribution in [3.8, 4) is 11.7 Å². The lowest BCUT2D eigenvalue weighted by molar-refractivity contribution is 0.116. The summed E-state index contributed by atoms with van der Waals surface area (Å²) >= 11 is 0. The lowest BCUT2D eigenvalue weighted by Gasteiger charge is -2.25. The van der Waals surface area contributed by atoms with Crippen LogP contribution in [0.5, 0.6) is 11.7 Å². The second-order valence-electron chi connectivity index (χ2n) is 5.52. The van der Waals surface area contributed by atoms with Gasteiger partial charge in [-0.2, -0.15) is 0 Å². The van der Waals surface area contributed by atoms with Crippen LogP contribution in [0, 0.1) is 0 Å². The fourth-order valence-corrected chi connectivity index (χ4v) is 2.64. The second-order valence-corrected chi connectivity index (χ2v) is 5.52. The fraction of sp³-hybridized carbons (Fsp3) is 0.412. The van der Waals surface area contributed by atoms with Crippen molar-refractivity contribution in [2.75, 3.05) is 0 Å². The number of hydrogen-bond donors (Lipinski definition) is 2. The van der Waals surface area contributed by atoms with E-state index in [2.05, 4.69) is 5.32 Å². The molecule has 1 aromatic carbocycles. The van der Waals surface area contributed by atoms with Gasteiger partial charge < -0.3 is 19.6 Å². The van der Waals surface area contributed by atoms with Crippen molar-refractivity contribution in [2.24, 2.45) is 0 Å². The average molecular weight is 287 g/mol. The molecule has 0 amide bonds. The van der Waals surface area contributed by atoms with E-state index < -0.39 is 0 Å². The molecule has 0 bridgehead atoms. The van der Waals surface area contributed by atoms with E-state index in [1.807, 2.05) is 42.5 Å². The first-order chi connectivity index (χ1) is 10.3. The number of furan rings is 1. The van der Waals surface area contributed by atoms with Crippen molar-refractivity contribution in [3.63, 3.8) is 0 Å². The molecule has 1 aliphatic rings. The highest BCUT2D eigenvalue weighted by Gasteiger charge is 2.19. The van der Waals surface area contributed by atoms with Crippen molar-refractivity contribution in [1.29, 1.82) is 0 Å². The first-order valence-electron chi connectivity index (χ1n) is 7.52. The molecule has 1 aliphatic carbocycles. The number of hydrogen-bond acceptors (Lipinski definition) is 4. The molecule has 21 heavy (non-hydrogen) atoms. The minimum absolute atomic E-state index is 0.113. The number of aliphatic hydroxyl groups excluding tert-OH is 1. The van der Waals surface area contributed by atoms with Crippen molar-refractivity contribution in [2.45, 2.75) is 44.4 Å². The van der Waals surface area contributed by atoms with Gasteiger partial charge in [0.15, 0.2) is 0 Å². The van der Waals surface area contributed by atoms with Crippen LogP contribution in [0.2, 0.25) is 0 Å². The van der Waals surface area contributed by atoms with Crippen LogP contribution in [0.15, 0.2) is 46.9 Å². The molecule has 0 unspecified atom stereocenters. The average Bonchev–Trinajstić information content (AvgIpc) is 2.95. The molecule has 0 aliphatic heterocycles. The number of benzene rings is 1. The van der Waals surface area contributed by atoms with Gasteiger partial charge in [-0.15, -0.1) is 0 Å². The molecular weight excluding hydrogens is 266 g/mol. The van der Waals surface area contributed by atoms with E-state index in [0.29, 0.717) is 18.5 Å². The third-order valence-corrected chi connectivity index (χ3v) is 3.86. The molecule has 0 spiro atoms. The molecule has 4 heteroatoms. The Labute approximate surface area is 124 Å². The molecule has 0 atom stereocenters. The smallest absolute Gasteiger partial charge is 0.290 e. The van der Waals surface area contributed by atoms with Crippen molar-refractivity contribution < 1.29 is 14.3 Å². The van der Waals surface area contributed by atoms with Crippen molar-refractivity contribution in [3.05, 3.63) is 48.2 Å². The number of nitrogens with one attached hydrogen (secondary N) is 1. The molecule has 0 saturated heterocycles. The Kier molecular flexibility index (Phi) is 4.58.